The van der Waals surface area contributed by atoms with Crippen molar-refractivity contribution in [1.82, 2.24) is 4.90 Å². The first kappa shape index (κ1) is 18.7. The van der Waals surface area contributed by atoms with Gasteiger partial charge in [0, 0.05) is 35.5 Å². The van der Waals surface area contributed by atoms with Crippen LogP contribution < -0.4 is 5.73 Å². The highest BCUT2D eigenvalue weighted by Gasteiger charge is 2.29. The fourth-order valence-corrected chi connectivity index (χ4v) is 3.92. The number of nitrogens with zero attached hydrogens (tertiary/aromatic N) is 1. The summed E-state index contributed by atoms with van der Waals surface area (Å²) < 4.78 is 6.10. The molecular formula is C21H25ClN2O2. The van der Waals surface area contributed by atoms with Crippen molar-refractivity contribution >= 4 is 40.1 Å². The number of rotatable bonds is 2. The van der Waals surface area contributed by atoms with Gasteiger partial charge in [0.1, 0.15) is 5.58 Å². The molecule has 2 heterocycles. The average molecular weight is 373 g/mol. The number of benzene rings is 2. The Morgan fingerprint density at radius 2 is 2.00 bits per heavy atom. The van der Waals surface area contributed by atoms with E-state index < -0.39 is 0 Å². The third-order valence-corrected chi connectivity index (χ3v) is 5.51. The van der Waals surface area contributed by atoms with E-state index >= 15 is 0 Å². The Kier molecular flexibility index (Phi) is 5.26. The van der Waals surface area contributed by atoms with E-state index in [9.17, 15) is 4.79 Å². The van der Waals surface area contributed by atoms with E-state index in [1.165, 1.54) is 0 Å². The highest BCUT2D eigenvalue weighted by Crippen LogP contribution is 2.33. The Morgan fingerprint density at radius 1 is 1.23 bits per heavy atom. The van der Waals surface area contributed by atoms with Gasteiger partial charge >= 0.3 is 0 Å². The molecule has 5 heteroatoms. The third kappa shape index (κ3) is 3.08. The molecule has 1 amide bonds. The van der Waals surface area contributed by atoms with Crippen LogP contribution in [0.3, 0.4) is 0 Å². The predicted octanol–water partition coefficient (Wildman–Crippen LogP) is 4.52. The lowest BCUT2D eigenvalue weighted by atomic mass is 9.92. The maximum atomic E-state index is 13.1. The molecule has 1 saturated heterocycles. The molecule has 2 unspecified atom stereocenters. The van der Waals surface area contributed by atoms with Gasteiger partial charge in [-0.25, -0.2) is 0 Å². The number of piperidine rings is 1. The van der Waals surface area contributed by atoms with Crippen molar-refractivity contribution in [3.05, 3.63) is 47.7 Å². The molecule has 1 aliphatic rings. The Hall–Kier alpha value is -2.04. The third-order valence-electron chi connectivity index (χ3n) is 5.51. The lowest BCUT2D eigenvalue weighted by Gasteiger charge is -2.34. The van der Waals surface area contributed by atoms with Gasteiger partial charge in [0.15, 0.2) is 5.76 Å². The second-order valence-corrected chi connectivity index (χ2v) is 7.23. The van der Waals surface area contributed by atoms with Crippen LogP contribution >= 0.6 is 12.4 Å². The standard InChI is InChI=1S/C21H24N2O2.ClH/c1-13-17-10-9-15-6-3-4-8-18(15)20(17)25-19(13)21(24)23-11-5-7-16(12-23)14(2)22;/h3-4,6,8-10,14,16H,5,7,11-12,22H2,1-2H3;1H. The molecule has 1 aromatic heterocycles. The number of hydrogen-bond acceptors (Lipinski definition) is 3. The first-order chi connectivity index (χ1) is 12.1. The fourth-order valence-electron chi connectivity index (χ4n) is 3.92. The molecule has 2 aromatic carbocycles. The topological polar surface area (TPSA) is 59.5 Å². The zero-order chi connectivity index (χ0) is 17.6. The van der Waals surface area contributed by atoms with E-state index in [0.717, 1.165) is 46.7 Å². The molecule has 4 nitrogen and oxygen atoms in total. The van der Waals surface area contributed by atoms with Crippen LogP contribution in [0.4, 0.5) is 0 Å². The second-order valence-electron chi connectivity index (χ2n) is 7.23. The minimum Gasteiger partial charge on any atom is -0.450 e. The molecule has 1 aliphatic heterocycles. The van der Waals surface area contributed by atoms with Crippen molar-refractivity contribution in [2.24, 2.45) is 11.7 Å². The van der Waals surface area contributed by atoms with Crippen LogP contribution in [0.25, 0.3) is 21.7 Å². The molecule has 0 radical (unpaired) electrons. The highest BCUT2D eigenvalue weighted by atomic mass is 35.5. The number of likely N-dealkylation sites (tertiary alicyclic amines) is 1. The van der Waals surface area contributed by atoms with E-state index in [1.807, 2.05) is 43.0 Å². The monoisotopic (exact) mass is 372 g/mol. The van der Waals surface area contributed by atoms with E-state index in [2.05, 4.69) is 12.1 Å². The van der Waals surface area contributed by atoms with Crippen molar-refractivity contribution in [3.8, 4) is 0 Å². The van der Waals surface area contributed by atoms with E-state index in [1.54, 1.807) is 0 Å². The molecule has 1 fully saturated rings. The predicted molar refractivity (Wildman–Crippen MR) is 108 cm³/mol. The first-order valence-electron chi connectivity index (χ1n) is 9.02. The number of nitrogens with two attached hydrogens (primary N) is 1. The second kappa shape index (κ2) is 7.29. The summed E-state index contributed by atoms with van der Waals surface area (Å²) in [6, 6.07) is 12.4. The number of carbonyl (C=O) groups excluding carboxylic acids is 1. The summed E-state index contributed by atoms with van der Waals surface area (Å²) in [4.78, 5) is 15.0. The minimum absolute atomic E-state index is 0. The van der Waals surface area contributed by atoms with Crippen LogP contribution in [-0.4, -0.2) is 29.9 Å². The van der Waals surface area contributed by atoms with Crippen molar-refractivity contribution < 1.29 is 9.21 Å². The van der Waals surface area contributed by atoms with Crippen LogP contribution in [0.15, 0.2) is 40.8 Å². The molecule has 2 N–H and O–H groups in total. The Bertz CT molecular complexity index is 948. The quantitative estimate of drug-likeness (QED) is 0.719. The summed E-state index contributed by atoms with van der Waals surface area (Å²) in [6.45, 7) is 5.49. The van der Waals surface area contributed by atoms with Gasteiger partial charge in [0.05, 0.1) is 0 Å². The van der Waals surface area contributed by atoms with Gasteiger partial charge in [-0.1, -0.05) is 36.4 Å². The fraction of sp³-hybridized carbons (Fsp3) is 0.381. The van der Waals surface area contributed by atoms with Crippen LogP contribution in [0.2, 0.25) is 0 Å². The van der Waals surface area contributed by atoms with Crippen LogP contribution in [0.5, 0.6) is 0 Å². The van der Waals surface area contributed by atoms with E-state index in [0.29, 0.717) is 18.2 Å². The van der Waals surface area contributed by atoms with Gasteiger partial charge in [0.2, 0.25) is 0 Å². The molecule has 0 aliphatic carbocycles. The van der Waals surface area contributed by atoms with Gasteiger partial charge in [-0.2, -0.15) is 0 Å². The van der Waals surface area contributed by atoms with Crippen LogP contribution in [0.1, 0.15) is 35.9 Å². The molecular weight excluding hydrogens is 348 g/mol. The maximum absolute atomic E-state index is 13.1. The lowest BCUT2D eigenvalue weighted by molar-refractivity contribution is 0.0630. The maximum Gasteiger partial charge on any atom is 0.289 e. The van der Waals surface area contributed by atoms with E-state index in [-0.39, 0.29) is 24.4 Å². The number of fused-ring (bicyclic) bond motifs is 3. The molecule has 26 heavy (non-hydrogen) atoms. The zero-order valence-electron chi connectivity index (χ0n) is 15.2. The molecule has 3 aromatic rings. The number of amides is 1. The summed E-state index contributed by atoms with van der Waals surface area (Å²) >= 11 is 0. The summed E-state index contributed by atoms with van der Waals surface area (Å²) in [5.74, 6) is 0.822. The zero-order valence-corrected chi connectivity index (χ0v) is 16.0. The van der Waals surface area contributed by atoms with Crippen molar-refractivity contribution in [2.75, 3.05) is 13.1 Å². The number of halogens is 1. The molecule has 2 atom stereocenters. The van der Waals surface area contributed by atoms with Gasteiger partial charge in [0.25, 0.3) is 5.91 Å². The molecule has 0 saturated carbocycles. The number of hydrogen-bond donors (Lipinski definition) is 1. The normalized spacial score (nSPS) is 18.7. The lowest BCUT2D eigenvalue weighted by Crippen LogP contribution is -2.45. The molecule has 0 bridgehead atoms. The highest BCUT2D eigenvalue weighted by molar-refractivity contribution is 6.08. The van der Waals surface area contributed by atoms with E-state index in [4.69, 9.17) is 10.2 Å². The van der Waals surface area contributed by atoms with Crippen molar-refractivity contribution in [1.29, 1.82) is 0 Å². The van der Waals surface area contributed by atoms with Gasteiger partial charge in [-0.15, -0.1) is 12.4 Å². The van der Waals surface area contributed by atoms with Crippen molar-refractivity contribution in [2.45, 2.75) is 32.7 Å². The summed E-state index contributed by atoms with van der Waals surface area (Å²) in [7, 11) is 0. The molecule has 138 valence electrons. The summed E-state index contributed by atoms with van der Waals surface area (Å²) in [5, 5.41) is 3.19. The van der Waals surface area contributed by atoms with Gasteiger partial charge in [-0.3, -0.25) is 4.79 Å². The van der Waals surface area contributed by atoms with Crippen LogP contribution in [-0.2, 0) is 0 Å². The molecule has 4 rings (SSSR count). The summed E-state index contributed by atoms with van der Waals surface area (Å²) in [5.41, 5.74) is 7.79. The number of aryl methyl sites for hydroxylation is 1. The molecule has 0 spiro atoms. The summed E-state index contributed by atoms with van der Waals surface area (Å²) in [6.07, 6.45) is 2.09. The Labute approximate surface area is 159 Å². The van der Waals surface area contributed by atoms with Gasteiger partial charge in [-0.05, 0) is 38.0 Å². The van der Waals surface area contributed by atoms with Crippen LogP contribution in [0, 0.1) is 12.8 Å². The number of carbonyl (C=O) groups is 1. The van der Waals surface area contributed by atoms with Gasteiger partial charge < -0.3 is 15.1 Å². The minimum atomic E-state index is -0.0110. The Morgan fingerprint density at radius 3 is 2.77 bits per heavy atom. The average Bonchev–Trinajstić information content (AvgIpc) is 2.98. The SMILES string of the molecule is Cc1c(C(=O)N2CCCC(C(C)N)C2)oc2c1ccc1ccccc12.Cl. The first-order valence-corrected chi connectivity index (χ1v) is 9.02. The Balaban J connectivity index is 0.00000196. The number of furan rings is 1. The largest absolute Gasteiger partial charge is 0.450 e. The van der Waals surface area contributed by atoms with Crippen molar-refractivity contribution in [3.63, 3.8) is 0 Å². The smallest absolute Gasteiger partial charge is 0.289 e.